The van der Waals surface area contributed by atoms with Crippen molar-refractivity contribution in [2.45, 2.75) is 109 Å². The quantitative estimate of drug-likeness (QED) is 0.409. The minimum absolute atomic E-state index is 0.0643. The molecule has 7 nitrogen and oxygen atoms in total. The van der Waals surface area contributed by atoms with E-state index in [1.165, 1.54) is 32.6 Å². The highest BCUT2D eigenvalue weighted by molar-refractivity contribution is 5.66. The van der Waals surface area contributed by atoms with E-state index in [1.807, 2.05) is 0 Å². The second-order valence-electron chi connectivity index (χ2n) is 12.6. The Balaban J connectivity index is 1.34. The molecule has 198 valence electrons. The third-order valence-corrected chi connectivity index (χ3v) is 11.1. The fourth-order valence-electron chi connectivity index (χ4n) is 9.28. The number of carbonyl (C=O) groups is 1. The number of fused-ring (bicyclic) bond motifs is 5. The number of hydrogen-bond donors (Lipinski definition) is 3. The van der Waals surface area contributed by atoms with E-state index in [-0.39, 0.29) is 17.9 Å². The molecule has 0 aromatic heterocycles. The second-order valence-corrected chi connectivity index (χ2v) is 12.6. The third-order valence-electron chi connectivity index (χ3n) is 11.1. The van der Waals surface area contributed by atoms with E-state index in [4.69, 9.17) is 14.2 Å². The Morgan fingerprint density at radius 3 is 2.31 bits per heavy atom. The molecule has 5 fully saturated rings. The molecule has 1 unspecified atom stereocenters. The molecule has 1 aliphatic heterocycles. The van der Waals surface area contributed by atoms with Crippen molar-refractivity contribution >= 4 is 5.97 Å². The normalized spacial score (nSPS) is 53.7. The van der Waals surface area contributed by atoms with Gasteiger partial charge in [0.1, 0.15) is 12.2 Å². The van der Waals surface area contributed by atoms with Crippen molar-refractivity contribution in [1.29, 1.82) is 0 Å². The Labute approximate surface area is 209 Å². The van der Waals surface area contributed by atoms with E-state index >= 15 is 0 Å². The zero-order valence-corrected chi connectivity index (χ0v) is 21.5. The van der Waals surface area contributed by atoms with E-state index < -0.39 is 42.8 Å². The van der Waals surface area contributed by atoms with Gasteiger partial charge in [0.25, 0.3) is 0 Å². The summed E-state index contributed by atoms with van der Waals surface area (Å²) in [5, 5.41) is 32.0. The maximum atomic E-state index is 11.5. The van der Waals surface area contributed by atoms with Crippen molar-refractivity contribution in [2.24, 2.45) is 40.4 Å². The number of ether oxygens (including phenoxy) is 3. The van der Waals surface area contributed by atoms with Gasteiger partial charge in [0, 0.05) is 6.92 Å². The van der Waals surface area contributed by atoms with Gasteiger partial charge >= 0.3 is 5.97 Å². The summed E-state index contributed by atoms with van der Waals surface area (Å²) >= 11 is 0. The van der Waals surface area contributed by atoms with Gasteiger partial charge in [-0.15, -0.1) is 6.58 Å². The lowest BCUT2D eigenvalue weighted by Crippen LogP contribution is -2.61. The molecule has 0 bridgehead atoms. The standard InChI is InChI=1S/C28H44O7/c1-5-16-6-8-18-17-7-9-20-24(35-26-23(32)25(34-15(2)29)22(31)14-33-26)21(30)11-13-28(20,4)19(17)10-12-27(16,18)3/h5,16-26,30-32H,1,6-14H2,2-4H3/t16-,17-,18-,19-,20?,21-,22+,23+,24-,25-,26-,27+,28+/m0/s1. The van der Waals surface area contributed by atoms with Gasteiger partial charge in [-0.2, -0.15) is 0 Å². The van der Waals surface area contributed by atoms with Gasteiger partial charge in [0.2, 0.25) is 0 Å². The predicted molar refractivity (Wildman–Crippen MR) is 129 cm³/mol. The van der Waals surface area contributed by atoms with Crippen molar-refractivity contribution in [1.82, 2.24) is 0 Å². The predicted octanol–water partition coefficient (Wildman–Crippen LogP) is 3.20. The highest BCUT2D eigenvalue weighted by Gasteiger charge is 2.62. The zero-order valence-electron chi connectivity index (χ0n) is 21.5. The SMILES string of the molecule is C=C[C@H]1CC[C@H]2[C@@H]3CCC4[C@H](O[C@@H]5OC[C@@H](O)[C@H](OC(C)=O)[C@H]5O)[C@@H](O)CC[C@]4(C)[C@H]3CC[C@]12C. The Bertz CT molecular complexity index is 817. The van der Waals surface area contributed by atoms with Gasteiger partial charge in [-0.1, -0.05) is 19.9 Å². The van der Waals surface area contributed by atoms with E-state index in [0.29, 0.717) is 29.6 Å². The van der Waals surface area contributed by atoms with E-state index in [0.717, 1.165) is 25.2 Å². The van der Waals surface area contributed by atoms with Crippen LogP contribution in [0.5, 0.6) is 0 Å². The summed E-state index contributed by atoms with van der Waals surface area (Å²) in [7, 11) is 0. The molecule has 3 N–H and O–H groups in total. The molecule has 1 heterocycles. The number of esters is 1. The van der Waals surface area contributed by atoms with E-state index in [2.05, 4.69) is 26.5 Å². The molecule has 7 heteroatoms. The van der Waals surface area contributed by atoms with Gasteiger partial charge in [-0.25, -0.2) is 0 Å². The summed E-state index contributed by atoms with van der Waals surface area (Å²) in [6.45, 7) is 10.2. The van der Waals surface area contributed by atoms with Crippen LogP contribution in [0.15, 0.2) is 12.7 Å². The Morgan fingerprint density at radius 1 is 0.914 bits per heavy atom. The molecule has 0 amide bonds. The van der Waals surface area contributed by atoms with Gasteiger partial charge in [-0.3, -0.25) is 4.79 Å². The van der Waals surface area contributed by atoms with Gasteiger partial charge in [-0.05, 0) is 91.8 Å². The summed E-state index contributed by atoms with van der Waals surface area (Å²) < 4.78 is 17.1. The second kappa shape index (κ2) is 9.39. The Hall–Kier alpha value is -0.990. The molecule has 13 atom stereocenters. The minimum Gasteiger partial charge on any atom is -0.457 e. The molecule has 0 aromatic carbocycles. The van der Waals surface area contributed by atoms with Crippen LogP contribution in [-0.2, 0) is 19.0 Å². The van der Waals surface area contributed by atoms with Crippen molar-refractivity contribution < 1.29 is 34.3 Å². The lowest BCUT2D eigenvalue weighted by Gasteiger charge is -2.62. The number of allylic oxidation sites excluding steroid dienone is 1. The summed E-state index contributed by atoms with van der Waals surface area (Å²) in [6.07, 6.45) is 5.28. The van der Waals surface area contributed by atoms with Crippen molar-refractivity contribution in [3.8, 4) is 0 Å². The first-order chi connectivity index (χ1) is 16.6. The molecule has 4 saturated carbocycles. The topological polar surface area (TPSA) is 105 Å². The van der Waals surface area contributed by atoms with Gasteiger partial charge in [0.15, 0.2) is 12.4 Å². The first-order valence-electron chi connectivity index (χ1n) is 13.7. The first kappa shape index (κ1) is 25.7. The van der Waals surface area contributed by atoms with Crippen LogP contribution in [0, 0.1) is 40.4 Å². The summed E-state index contributed by atoms with van der Waals surface area (Å²) in [5.74, 6) is 2.26. The molecule has 0 spiro atoms. The van der Waals surface area contributed by atoms with Gasteiger partial charge in [0.05, 0.1) is 18.8 Å². The Morgan fingerprint density at radius 2 is 1.60 bits per heavy atom. The van der Waals surface area contributed by atoms with Crippen molar-refractivity contribution in [2.75, 3.05) is 6.61 Å². The lowest BCUT2D eigenvalue weighted by molar-refractivity contribution is -0.311. The number of rotatable bonds is 4. The fourth-order valence-corrected chi connectivity index (χ4v) is 9.28. The lowest BCUT2D eigenvalue weighted by atomic mass is 9.44. The average molecular weight is 493 g/mol. The van der Waals surface area contributed by atoms with Gasteiger partial charge < -0.3 is 29.5 Å². The van der Waals surface area contributed by atoms with Crippen molar-refractivity contribution in [3.05, 3.63) is 12.7 Å². The number of hydrogen-bond acceptors (Lipinski definition) is 7. The van der Waals surface area contributed by atoms with Crippen LogP contribution in [0.2, 0.25) is 0 Å². The highest BCUT2D eigenvalue weighted by atomic mass is 16.7. The molecular formula is C28H44O7. The zero-order chi connectivity index (χ0) is 25.1. The molecule has 5 aliphatic rings. The maximum absolute atomic E-state index is 11.5. The van der Waals surface area contributed by atoms with Crippen molar-refractivity contribution in [3.63, 3.8) is 0 Å². The van der Waals surface area contributed by atoms with Crippen LogP contribution in [0.25, 0.3) is 0 Å². The smallest absolute Gasteiger partial charge is 0.303 e. The number of carbonyl (C=O) groups excluding carboxylic acids is 1. The number of aliphatic hydroxyl groups excluding tert-OH is 3. The first-order valence-corrected chi connectivity index (χ1v) is 13.7. The average Bonchev–Trinajstić information content (AvgIpc) is 3.16. The molecular weight excluding hydrogens is 448 g/mol. The number of aliphatic hydroxyl groups is 3. The molecule has 35 heavy (non-hydrogen) atoms. The van der Waals surface area contributed by atoms with Crippen LogP contribution in [0.1, 0.15) is 72.1 Å². The molecule has 0 aromatic rings. The monoisotopic (exact) mass is 492 g/mol. The van der Waals surface area contributed by atoms with E-state index in [9.17, 15) is 20.1 Å². The largest absolute Gasteiger partial charge is 0.457 e. The molecule has 5 rings (SSSR count). The fraction of sp³-hybridized carbons (Fsp3) is 0.893. The molecule has 0 radical (unpaired) electrons. The van der Waals surface area contributed by atoms with E-state index in [1.54, 1.807) is 0 Å². The molecule has 1 saturated heterocycles. The van der Waals surface area contributed by atoms with Crippen LogP contribution in [-0.4, -0.2) is 64.7 Å². The minimum atomic E-state index is -1.32. The summed E-state index contributed by atoms with van der Waals surface area (Å²) in [4.78, 5) is 11.5. The Kier molecular flexibility index (Phi) is 6.88. The molecule has 4 aliphatic carbocycles. The third kappa shape index (κ3) is 4.10. The van der Waals surface area contributed by atoms with Crippen LogP contribution in [0.4, 0.5) is 0 Å². The summed E-state index contributed by atoms with van der Waals surface area (Å²) in [6, 6.07) is 0. The summed E-state index contributed by atoms with van der Waals surface area (Å²) in [5.41, 5.74) is 0.428. The maximum Gasteiger partial charge on any atom is 0.303 e. The van der Waals surface area contributed by atoms with Crippen LogP contribution < -0.4 is 0 Å². The van der Waals surface area contributed by atoms with Crippen LogP contribution in [0.3, 0.4) is 0 Å². The van der Waals surface area contributed by atoms with Crippen LogP contribution >= 0.6 is 0 Å². The highest BCUT2D eigenvalue weighted by Crippen LogP contribution is 2.67.